The number of rotatable bonds is 8. The van der Waals surface area contributed by atoms with Crippen LogP contribution in [0.2, 0.25) is 0 Å². The third-order valence-corrected chi connectivity index (χ3v) is 4.15. The molecule has 2 unspecified atom stereocenters. The first-order valence-electron chi connectivity index (χ1n) is 7.58. The number of hydrogen-bond donors (Lipinski definition) is 1. The quantitative estimate of drug-likeness (QED) is 0.731. The summed E-state index contributed by atoms with van der Waals surface area (Å²) >= 11 is 0. The van der Waals surface area contributed by atoms with Crippen LogP contribution in [0.15, 0.2) is 0 Å². The third-order valence-electron chi connectivity index (χ3n) is 4.15. The molecule has 0 radical (unpaired) electrons. The van der Waals surface area contributed by atoms with Crippen LogP contribution in [-0.4, -0.2) is 63.0 Å². The predicted octanol–water partition coefficient (Wildman–Crippen LogP) is 1.89. The van der Waals surface area contributed by atoms with E-state index in [0.717, 1.165) is 32.5 Å². The first-order valence-corrected chi connectivity index (χ1v) is 7.58. The van der Waals surface area contributed by atoms with Crippen LogP contribution in [-0.2, 0) is 9.47 Å². The van der Waals surface area contributed by atoms with Gasteiger partial charge in [-0.15, -0.1) is 0 Å². The second-order valence-corrected chi connectivity index (χ2v) is 6.11. The van der Waals surface area contributed by atoms with Crippen molar-refractivity contribution in [3.63, 3.8) is 0 Å². The summed E-state index contributed by atoms with van der Waals surface area (Å²) in [5, 5.41) is 3.42. The van der Waals surface area contributed by atoms with Crippen molar-refractivity contribution in [3.8, 4) is 0 Å². The molecule has 1 saturated heterocycles. The molecular formula is C15H32N2O2. The maximum absolute atomic E-state index is 5.96. The third kappa shape index (κ3) is 5.78. The summed E-state index contributed by atoms with van der Waals surface area (Å²) in [6, 6.07) is 0.411. The van der Waals surface area contributed by atoms with E-state index in [-0.39, 0.29) is 5.60 Å². The Morgan fingerprint density at radius 1 is 1.47 bits per heavy atom. The molecule has 0 aliphatic carbocycles. The van der Waals surface area contributed by atoms with E-state index in [1.807, 2.05) is 7.05 Å². The summed E-state index contributed by atoms with van der Waals surface area (Å²) in [5.74, 6) is 0. The first-order chi connectivity index (χ1) is 9.02. The monoisotopic (exact) mass is 272 g/mol. The zero-order valence-electron chi connectivity index (χ0n) is 13.4. The fraction of sp³-hybridized carbons (Fsp3) is 1.00. The standard InChI is InChI=1S/C15H32N2O2/c1-6-9-17-10-11-19-14(12-17)13(16-4)7-8-15(2,3)18-5/h13-14,16H,6-12H2,1-5H3. The minimum Gasteiger partial charge on any atom is -0.379 e. The van der Waals surface area contributed by atoms with Crippen molar-refractivity contribution >= 4 is 0 Å². The Hall–Kier alpha value is -0.160. The van der Waals surface area contributed by atoms with E-state index in [9.17, 15) is 0 Å². The van der Waals surface area contributed by atoms with Gasteiger partial charge in [0, 0.05) is 26.2 Å². The summed E-state index contributed by atoms with van der Waals surface area (Å²) < 4.78 is 11.5. The zero-order chi connectivity index (χ0) is 14.3. The lowest BCUT2D eigenvalue weighted by molar-refractivity contribution is -0.0524. The minimum absolute atomic E-state index is 0.0487. The van der Waals surface area contributed by atoms with Crippen LogP contribution >= 0.6 is 0 Å². The predicted molar refractivity (Wildman–Crippen MR) is 79.6 cm³/mol. The van der Waals surface area contributed by atoms with Crippen molar-refractivity contribution in [1.82, 2.24) is 10.2 Å². The molecule has 4 heteroatoms. The second kappa shape index (κ2) is 8.20. The number of ether oxygens (including phenoxy) is 2. The van der Waals surface area contributed by atoms with Crippen LogP contribution in [0.25, 0.3) is 0 Å². The molecule has 0 aromatic heterocycles. The average Bonchev–Trinajstić information content (AvgIpc) is 2.40. The lowest BCUT2D eigenvalue weighted by Crippen LogP contribution is -2.52. The molecule has 0 spiro atoms. The maximum atomic E-state index is 5.96. The number of hydrogen-bond acceptors (Lipinski definition) is 4. The van der Waals surface area contributed by atoms with Crippen molar-refractivity contribution in [2.75, 3.05) is 40.4 Å². The van der Waals surface area contributed by atoms with Gasteiger partial charge in [0.2, 0.25) is 0 Å². The molecule has 1 fully saturated rings. The van der Waals surface area contributed by atoms with Crippen LogP contribution < -0.4 is 5.32 Å². The molecule has 1 aliphatic heterocycles. The van der Waals surface area contributed by atoms with Gasteiger partial charge in [0.05, 0.1) is 18.3 Å². The van der Waals surface area contributed by atoms with E-state index in [4.69, 9.17) is 9.47 Å². The summed E-state index contributed by atoms with van der Waals surface area (Å²) in [4.78, 5) is 2.51. The Balaban J connectivity index is 2.45. The normalized spacial score (nSPS) is 23.5. The molecule has 2 atom stereocenters. The highest BCUT2D eigenvalue weighted by atomic mass is 16.5. The summed E-state index contributed by atoms with van der Waals surface area (Å²) in [7, 11) is 3.82. The molecule has 1 rings (SSSR count). The second-order valence-electron chi connectivity index (χ2n) is 6.11. The van der Waals surface area contributed by atoms with E-state index >= 15 is 0 Å². The molecule has 1 N–H and O–H groups in total. The minimum atomic E-state index is -0.0487. The van der Waals surface area contributed by atoms with Gasteiger partial charge >= 0.3 is 0 Å². The molecule has 19 heavy (non-hydrogen) atoms. The van der Waals surface area contributed by atoms with Crippen LogP contribution in [0.1, 0.15) is 40.0 Å². The van der Waals surface area contributed by atoms with Crippen molar-refractivity contribution in [2.45, 2.75) is 57.8 Å². The number of nitrogens with zero attached hydrogens (tertiary/aromatic N) is 1. The van der Waals surface area contributed by atoms with Gasteiger partial charge in [0.1, 0.15) is 0 Å². The maximum Gasteiger partial charge on any atom is 0.0855 e. The van der Waals surface area contributed by atoms with E-state index in [1.54, 1.807) is 7.11 Å². The Morgan fingerprint density at radius 2 is 2.21 bits per heavy atom. The van der Waals surface area contributed by atoms with Crippen molar-refractivity contribution in [2.24, 2.45) is 0 Å². The lowest BCUT2D eigenvalue weighted by Gasteiger charge is -2.37. The van der Waals surface area contributed by atoms with Gasteiger partial charge in [-0.2, -0.15) is 0 Å². The molecule has 0 amide bonds. The summed E-state index contributed by atoms with van der Waals surface area (Å²) in [5.41, 5.74) is -0.0487. The van der Waals surface area contributed by atoms with Crippen molar-refractivity contribution in [1.29, 1.82) is 0 Å². The van der Waals surface area contributed by atoms with E-state index < -0.39 is 0 Å². The number of likely N-dealkylation sites (N-methyl/N-ethyl adjacent to an activating group) is 1. The van der Waals surface area contributed by atoms with Gasteiger partial charge in [-0.3, -0.25) is 4.90 Å². The van der Waals surface area contributed by atoms with E-state index in [0.29, 0.717) is 12.1 Å². The Kier molecular flexibility index (Phi) is 7.29. The van der Waals surface area contributed by atoms with Crippen molar-refractivity contribution in [3.05, 3.63) is 0 Å². The zero-order valence-corrected chi connectivity index (χ0v) is 13.4. The van der Waals surface area contributed by atoms with Crippen LogP contribution in [0, 0.1) is 0 Å². The van der Waals surface area contributed by atoms with Gasteiger partial charge in [0.25, 0.3) is 0 Å². The highest BCUT2D eigenvalue weighted by Crippen LogP contribution is 2.20. The largest absolute Gasteiger partial charge is 0.379 e. The van der Waals surface area contributed by atoms with E-state index in [1.165, 1.54) is 13.0 Å². The fourth-order valence-electron chi connectivity index (χ4n) is 2.62. The molecule has 114 valence electrons. The van der Waals surface area contributed by atoms with Gasteiger partial charge in [-0.05, 0) is 46.7 Å². The highest BCUT2D eigenvalue weighted by Gasteiger charge is 2.28. The number of nitrogens with one attached hydrogen (secondary N) is 1. The smallest absolute Gasteiger partial charge is 0.0855 e. The fourth-order valence-corrected chi connectivity index (χ4v) is 2.62. The van der Waals surface area contributed by atoms with Gasteiger partial charge in [-0.25, -0.2) is 0 Å². The van der Waals surface area contributed by atoms with Crippen LogP contribution in [0.3, 0.4) is 0 Å². The molecular weight excluding hydrogens is 240 g/mol. The number of methoxy groups -OCH3 is 1. The highest BCUT2D eigenvalue weighted by molar-refractivity contribution is 4.84. The molecule has 0 bridgehead atoms. The summed E-state index contributed by atoms with van der Waals surface area (Å²) in [6.07, 6.45) is 3.65. The topological polar surface area (TPSA) is 33.7 Å². The van der Waals surface area contributed by atoms with Gasteiger partial charge in [-0.1, -0.05) is 6.92 Å². The molecule has 0 aromatic rings. The van der Waals surface area contributed by atoms with E-state index in [2.05, 4.69) is 31.0 Å². The lowest BCUT2D eigenvalue weighted by atomic mass is 9.95. The Labute approximate surface area is 118 Å². The average molecular weight is 272 g/mol. The molecule has 0 saturated carbocycles. The number of morpholine rings is 1. The van der Waals surface area contributed by atoms with Gasteiger partial charge < -0.3 is 14.8 Å². The Morgan fingerprint density at radius 3 is 2.79 bits per heavy atom. The van der Waals surface area contributed by atoms with Crippen molar-refractivity contribution < 1.29 is 9.47 Å². The molecule has 0 aromatic carbocycles. The van der Waals surface area contributed by atoms with Crippen LogP contribution in [0.4, 0.5) is 0 Å². The van der Waals surface area contributed by atoms with Crippen LogP contribution in [0.5, 0.6) is 0 Å². The van der Waals surface area contributed by atoms with Gasteiger partial charge in [0.15, 0.2) is 0 Å². The molecule has 1 aliphatic rings. The summed E-state index contributed by atoms with van der Waals surface area (Å²) in [6.45, 7) is 10.7. The first kappa shape index (κ1) is 16.9. The SMILES string of the molecule is CCCN1CCOC(C(CCC(C)(C)OC)NC)C1. The molecule has 4 nitrogen and oxygen atoms in total. The molecule has 1 heterocycles. The Bertz CT molecular complexity index is 244.